The Morgan fingerprint density at radius 3 is 2.41 bits per heavy atom. The molecule has 0 radical (unpaired) electrons. The van der Waals surface area contributed by atoms with Crippen LogP contribution in [0.15, 0.2) is 0 Å². The van der Waals surface area contributed by atoms with Crippen LogP contribution in [0.4, 0.5) is 0 Å². The zero-order valence-corrected chi connectivity index (χ0v) is 13.1. The molecule has 0 heterocycles. The van der Waals surface area contributed by atoms with Crippen LogP contribution in [0.3, 0.4) is 0 Å². The molecular weight excluding hydrogens is 280 g/mol. The molecule has 1 saturated carbocycles. The minimum Gasteiger partial charge on any atom is -0.379 e. The zero-order valence-electron chi connectivity index (χ0n) is 11.5. The Balaban J connectivity index is 2.27. The van der Waals surface area contributed by atoms with Crippen molar-refractivity contribution < 1.29 is 9.47 Å². The van der Waals surface area contributed by atoms with Crippen molar-refractivity contribution in [1.82, 2.24) is 0 Å². The minimum absolute atomic E-state index is 0.0660. The van der Waals surface area contributed by atoms with Gasteiger partial charge < -0.3 is 9.47 Å². The molecule has 1 rings (SSSR count). The highest BCUT2D eigenvalue weighted by Gasteiger charge is 2.22. The van der Waals surface area contributed by atoms with E-state index in [-0.39, 0.29) is 5.60 Å². The Labute approximate surface area is 115 Å². The van der Waals surface area contributed by atoms with Gasteiger partial charge in [-0.3, -0.25) is 0 Å². The molecular formula is C14H27BrO2. The summed E-state index contributed by atoms with van der Waals surface area (Å²) in [5.41, 5.74) is -0.0660. The van der Waals surface area contributed by atoms with E-state index in [0.29, 0.717) is 10.9 Å². The van der Waals surface area contributed by atoms with Crippen LogP contribution >= 0.6 is 15.9 Å². The maximum atomic E-state index is 6.04. The van der Waals surface area contributed by atoms with Gasteiger partial charge >= 0.3 is 0 Å². The van der Waals surface area contributed by atoms with E-state index in [4.69, 9.17) is 9.47 Å². The summed E-state index contributed by atoms with van der Waals surface area (Å²) >= 11 is 3.78. The molecule has 0 amide bonds. The monoisotopic (exact) mass is 306 g/mol. The third-order valence-electron chi connectivity index (χ3n) is 3.71. The summed E-state index contributed by atoms with van der Waals surface area (Å²) in [7, 11) is 1.77. The number of hydrogen-bond donors (Lipinski definition) is 0. The van der Waals surface area contributed by atoms with Crippen LogP contribution < -0.4 is 0 Å². The van der Waals surface area contributed by atoms with Gasteiger partial charge in [0.25, 0.3) is 0 Å². The number of halogens is 1. The highest BCUT2D eigenvalue weighted by Crippen LogP contribution is 2.26. The molecule has 0 aromatic carbocycles. The number of methoxy groups -OCH3 is 1. The molecule has 0 bridgehead atoms. The summed E-state index contributed by atoms with van der Waals surface area (Å²) in [6, 6.07) is 0. The third kappa shape index (κ3) is 6.21. The average Bonchev–Trinajstić information content (AvgIpc) is 2.28. The average molecular weight is 307 g/mol. The van der Waals surface area contributed by atoms with Gasteiger partial charge in [0.2, 0.25) is 0 Å². The van der Waals surface area contributed by atoms with E-state index >= 15 is 0 Å². The maximum absolute atomic E-state index is 6.04. The molecule has 1 aliphatic rings. The molecule has 3 heteroatoms. The largest absolute Gasteiger partial charge is 0.379 e. The summed E-state index contributed by atoms with van der Waals surface area (Å²) in [6.07, 6.45) is 9.18. The first kappa shape index (κ1) is 15.5. The van der Waals surface area contributed by atoms with Crippen molar-refractivity contribution in [3.63, 3.8) is 0 Å². The van der Waals surface area contributed by atoms with Crippen molar-refractivity contribution in [2.24, 2.45) is 0 Å². The summed E-state index contributed by atoms with van der Waals surface area (Å²) in [5, 5.41) is 0. The van der Waals surface area contributed by atoms with E-state index in [1.54, 1.807) is 7.11 Å². The second-order valence-electron chi connectivity index (χ2n) is 5.63. The van der Waals surface area contributed by atoms with Gasteiger partial charge in [0.1, 0.15) is 0 Å². The first-order valence-corrected chi connectivity index (χ1v) is 7.77. The van der Waals surface area contributed by atoms with Crippen molar-refractivity contribution in [2.75, 3.05) is 13.7 Å². The maximum Gasteiger partial charge on any atom is 0.0700 e. The predicted molar refractivity (Wildman–Crippen MR) is 75.9 cm³/mol. The SMILES string of the molecule is COC(C)(C)CCOC1CCCCCCC1Br. The van der Waals surface area contributed by atoms with Crippen LogP contribution in [0, 0.1) is 0 Å². The van der Waals surface area contributed by atoms with E-state index in [2.05, 4.69) is 29.8 Å². The van der Waals surface area contributed by atoms with Gasteiger partial charge in [-0.1, -0.05) is 41.6 Å². The summed E-state index contributed by atoms with van der Waals surface area (Å²) in [5.74, 6) is 0. The second kappa shape index (κ2) is 7.75. The molecule has 1 aliphatic carbocycles. The van der Waals surface area contributed by atoms with E-state index in [1.165, 1.54) is 38.5 Å². The molecule has 2 atom stereocenters. The minimum atomic E-state index is -0.0660. The smallest absolute Gasteiger partial charge is 0.0700 e. The third-order valence-corrected chi connectivity index (χ3v) is 4.76. The molecule has 0 N–H and O–H groups in total. The van der Waals surface area contributed by atoms with Crippen LogP contribution in [-0.4, -0.2) is 30.2 Å². The Bertz CT molecular complexity index is 206. The van der Waals surface area contributed by atoms with Crippen LogP contribution in [-0.2, 0) is 9.47 Å². The molecule has 1 fully saturated rings. The fourth-order valence-corrected chi connectivity index (χ4v) is 2.89. The van der Waals surface area contributed by atoms with Crippen LogP contribution in [0.25, 0.3) is 0 Å². The Kier molecular flexibility index (Phi) is 7.05. The lowest BCUT2D eigenvalue weighted by Gasteiger charge is -2.28. The number of ether oxygens (including phenoxy) is 2. The fraction of sp³-hybridized carbons (Fsp3) is 1.00. The Morgan fingerprint density at radius 2 is 1.76 bits per heavy atom. The van der Waals surface area contributed by atoms with Crippen LogP contribution in [0.5, 0.6) is 0 Å². The quantitative estimate of drug-likeness (QED) is 0.705. The molecule has 0 saturated heterocycles. The lowest BCUT2D eigenvalue weighted by Crippen LogP contribution is -2.30. The predicted octanol–water partition coefficient (Wildman–Crippen LogP) is 4.30. The number of rotatable bonds is 5. The van der Waals surface area contributed by atoms with E-state index < -0.39 is 0 Å². The molecule has 0 aromatic rings. The normalized spacial score (nSPS) is 27.5. The van der Waals surface area contributed by atoms with Gasteiger partial charge in [-0.2, -0.15) is 0 Å². The standard InChI is InChI=1S/C14H27BrO2/c1-14(2,16-3)10-11-17-13-9-7-5-4-6-8-12(13)15/h12-13H,4-11H2,1-3H3. The fourth-order valence-electron chi connectivity index (χ4n) is 2.15. The van der Waals surface area contributed by atoms with E-state index in [9.17, 15) is 0 Å². The van der Waals surface area contributed by atoms with Crippen molar-refractivity contribution in [3.05, 3.63) is 0 Å². The first-order valence-electron chi connectivity index (χ1n) is 6.86. The van der Waals surface area contributed by atoms with Crippen molar-refractivity contribution in [2.45, 2.75) is 75.3 Å². The van der Waals surface area contributed by atoms with Gasteiger partial charge in [-0.25, -0.2) is 0 Å². The summed E-state index contributed by atoms with van der Waals surface area (Å²) in [4.78, 5) is 0.536. The highest BCUT2D eigenvalue weighted by molar-refractivity contribution is 9.09. The highest BCUT2D eigenvalue weighted by atomic mass is 79.9. The van der Waals surface area contributed by atoms with Gasteiger partial charge in [0.15, 0.2) is 0 Å². The summed E-state index contributed by atoms with van der Waals surface area (Å²) in [6.45, 7) is 5.02. The van der Waals surface area contributed by atoms with Crippen LogP contribution in [0.1, 0.15) is 58.8 Å². The lowest BCUT2D eigenvalue weighted by molar-refractivity contribution is -0.0298. The number of alkyl halides is 1. The number of hydrogen-bond acceptors (Lipinski definition) is 2. The molecule has 17 heavy (non-hydrogen) atoms. The molecule has 2 nitrogen and oxygen atoms in total. The second-order valence-corrected chi connectivity index (χ2v) is 6.81. The Morgan fingerprint density at radius 1 is 1.12 bits per heavy atom. The summed E-state index contributed by atoms with van der Waals surface area (Å²) < 4.78 is 11.4. The first-order chi connectivity index (χ1) is 8.05. The van der Waals surface area contributed by atoms with E-state index in [1.807, 2.05) is 0 Å². The van der Waals surface area contributed by atoms with Crippen molar-refractivity contribution in [1.29, 1.82) is 0 Å². The molecule has 0 aliphatic heterocycles. The van der Waals surface area contributed by atoms with Gasteiger partial charge in [0.05, 0.1) is 11.7 Å². The van der Waals surface area contributed by atoms with Crippen LogP contribution in [0.2, 0.25) is 0 Å². The molecule has 0 aromatic heterocycles. The van der Waals surface area contributed by atoms with Crippen molar-refractivity contribution in [3.8, 4) is 0 Å². The topological polar surface area (TPSA) is 18.5 Å². The van der Waals surface area contributed by atoms with Gasteiger partial charge in [-0.15, -0.1) is 0 Å². The van der Waals surface area contributed by atoms with Gasteiger partial charge in [0, 0.05) is 18.5 Å². The molecule has 102 valence electrons. The lowest BCUT2D eigenvalue weighted by atomic mass is 9.98. The zero-order chi connectivity index (χ0) is 12.7. The Hall–Kier alpha value is 0.400. The molecule has 2 unspecified atom stereocenters. The molecule has 0 spiro atoms. The van der Waals surface area contributed by atoms with Gasteiger partial charge in [-0.05, 0) is 33.1 Å². The van der Waals surface area contributed by atoms with Crippen molar-refractivity contribution >= 4 is 15.9 Å². The van der Waals surface area contributed by atoms with E-state index in [0.717, 1.165) is 13.0 Å².